The molecular formula is C49H53N7O9. The van der Waals surface area contributed by atoms with Crippen molar-refractivity contribution in [2.75, 3.05) is 40.7 Å². The fourth-order valence-corrected chi connectivity index (χ4v) is 9.70. The molecule has 0 unspecified atom stereocenters. The molecule has 2 aliphatic carbocycles. The minimum absolute atomic E-state index is 0.0282. The molecule has 3 aromatic carbocycles. The topological polar surface area (TPSA) is 179 Å². The van der Waals surface area contributed by atoms with Gasteiger partial charge in [0, 0.05) is 36.7 Å². The molecule has 2 saturated carbocycles. The number of piperidine rings is 1. The number of aromatic nitrogens is 3. The molecule has 2 N–H and O–H groups in total. The third-order valence-corrected chi connectivity index (χ3v) is 13.4. The first-order valence-corrected chi connectivity index (χ1v) is 22.7. The highest BCUT2D eigenvalue weighted by molar-refractivity contribution is 6.07. The normalized spacial score (nSPS) is 19.9. The van der Waals surface area contributed by atoms with Crippen molar-refractivity contribution in [3.05, 3.63) is 84.3 Å². The quantitative estimate of drug-likeness (QED) is 0.114. The van der Waals surface area contributed by atoms with Gasteiger partial charge in [0.1, 0.15) is 29.3 Å². The van der Waals surface area contributed by atoms with Crippen LogP contribution in [-0.2, 0) is 16.0 Å². The SMILES string of the molecule is COc1ccc(C2=NN(C3CCN(C(=O)[C@@H](CCc4ccccc4)NC(=O)Oc4c[nH]c5c(-c6c(OCC7CC7)ccc7c6OCO7)ncnc45)CC3)C(=O)[C@@H]3CCCC[C@H]23)cc1OC. The Bertz CT molecular complexity index is 2610. The number of aromatic amines is 1. The third-order valence-electron chi connectivity index (χ3n) is 13.4. The molecule has 5 aliphatic rings. The highest BCUT2D eigenvalue weighted by Gasteiger charge is 2.44. The lowest BCUT2D eigenvalue weighted by molar-refractivity contribution is -0.143. The molecule has 0 spiro atoms. The van der Waals surface area contributed by atoms with Gasteiger partial charge in [-0.1, -0.05) is 43.2 Å². The lowest BCUT2D eigenvalue weighted by Crippen LogP contribution is -2.55. The van der Waals surface area contributed by atoms with Crippen LogP contribution in [0.25, 0.3) is 22.3 Å². The van der Waals surface area contributed by atoms with E-state index in [1.54, 1.807) is 30.3 Å². The number of carbonyl (C=O) groups is 3. The number of hydrogen-bond acceptors (Lipinski definition) is 12. The number of aryl methyl sites for hydroxylation is 1. The van der Waals surface area contributed by atoms with E-state index in [4.69, 9.17) is 33.5 Å². The number of hydrogen-bond donors (Lipinski definition) is 2. The van der Waals surface area contributed by atoms with E-state index in [0.717, 1.165) is 55.4 Å². The average Bonchev–Trinajstić information content (AvgIpc) is 3.91. The molecule has 3 fully saturated rings. The van der Waals surface area contributed by atoms with Crippen molar-refractivity contribution in [2.24, 2.45) is 22.9 Å². The lowest BCUT2D eigenvalue weighted by atomic mass is 9.73. The fraction of sp³-hybridized carbons (Fsp3) is 0.429. The molecule has 3 atom stereocenters. The maximum Gasteiger partial charge on any atom is 0.413 e. The molecule has 0 bridgehead atoms. The molecule has 16 heteroatoms. The summed E-state index contributed by atoms with van der Waals surface area (Å²) in [5.74, 6) is 3.35. The van der Waals surface area contributed by atoms with Crippen molar-refractivity contribution >= 4 is 34.7 Å². The molecule has 5 aromatic rings. The summed E-state index contributed by atoms with van der Waals surface area (Å²) in [4.78, 5) is 56.5. The molecular weight excluding hydrogens is 831 g/mol. The second-order valence-electron chi connectivity index (χ2n) is 17.4. The predicted octanol–water partition coefficient (Wildman–Crippen LogP) is 7.29. The van der Waals surface area contributed by atoms with Crippen LogP contribution in [0.3, 0.4) is 0 Å². The number of rotatable bonds is 14. The molecule has 65 heavy (non-hydrogen) atoms. The molecule has 10 rings (SSSR count). The smallest absolute Gasteiger partial charge is 0.413 e. The Kier molecular flexibility index (Phi) is 11.9. The number of benzene rings is 3. The molecule has 3 aliphatic heterocycles. The zero-order chi connectivity index (χ0) is 44.4. The van der Waals surface area contributed by atoms with Crippen LogP contribution in [0, 0.1) is 17.8 Å². The first kappa shape index (κ1) is 42.1. The lowest BCUT2D eigenvalue weighted by Gasteiger charge is -2.43. The highest BCUT2D eigenvalue weighted by Crippen LogP contribution is 2.49. The van der Waals surface area contributed by atoms with E-state index < -0.39 is 12.1 Å². The molecule has 3 amide bonds. The number of nitrogens with zero attached hydrogens (tertiary/aromatic N) is 5. The largest absolute Gasteiger partial charge is 0.493 e. The number of nitrogens with one attached hydrogen (secondary N) is 2. The number of hydrazone groups is 1. The number of likely N-dealkylation sites (tertiary alicyclic amines) is 1. The van der Waals surface area contributed by atoms with Gasteiger partial charge >= 0.3 is 6.09 Å². The number of carbonyl (C=O) groups excluding carboxylic acids is 3. The molecule has 5 heterocycles. The van der Waals surface area contributed by atoms with E-state index in [1.165, 1.54) is 6.33 Å². The van der Waals surface area contributed by atoms with E-state index >= 15 is 0 Å². The van der Waals surface area contributed by atoms with Crippen LogP contribution in [0.2, 0.25) is 0 Å². The summed E-state index contributed by atoms with van der Waals surface area (Å²) in [7, 11) is 3.22. The Morgan fingerprint density at radius 2 is 1.66 bits per heavy atom. The van der Waals surface area contributed by atoms with Crippen LogP contribution in [0.4, 0.5) is 4.79 Å². The van der Waals surface area contributed by atoms with Gasteiger partial charge in [0.15, 0.2) is 28.7 Å². The van der Waals surface area contributed by atoms with Crippen molar-refractivity contribution < 1.29 is 42.8 Å². The van der Waals surface area contributed by atoms with Crippen molar-refractivity contribution in [3.8, 4) is 45.8 Å². The van der Waals surface area contributed by atoms with Crippen LogP contribution < -0.4 is 33.7 Å². The Morgan fingerprint density at radius 1 is 0.877 bits per heavy atom. The highest BCUT2D eigenvalue weighted by atomic mass is 16.7. The van der Waals surface area contributed by atoms with Gasteiger partial charge in [-0.3, -0.25) is 9.59 Å². The van der Waals surface area contributed by atoms with Crippen LogP contribution in [0.1, 0.15) is 68.9 Å². The van der Waals surface area contributed by atoms with Gasteiger partial charge in [0.05, 0.1) is 43.7 Å². The van der Waals surface area contributed by atoms with Gasteiger partial charge in [-0.05, 0) is 93.2 Å². The van der Waals surface area contributed by atoms with Crippen molar-refractivity contribution in [3.63, 3.8) is 0 Å². The average molecular weight is 884 g/mol. The molecule has 1 saturated heterocycles. The van der Waals surface area contributed by atoms with Gasteiger partial charge in [-0.2, -0.15) is 5.10 Å². The molecule has 0 radical (unpaired) electrons. The summed E-state index contributed by atoms with van der Waals surface area (Å²) in [5, 5.41) is 9.69. The first-order chi connectivity index (χ1) is 31.9. The standard InChI is InChI=1S/C49H53N7O9/c1-60-36-17-15-31(24-39(36)61-2)42-33-10-6-7-11-34(33)47(57)56(54-42)32-20-22-55(23-21-32)48(58)35(16-14-29-8-4-3-5-9-29)53-49(59)65-40-25-50-45-43(40)51-27-52-44(45)41-37(62-26-30-12-13-30)18-19-38-46(41)64-28-63-38/h3-5,8-9,15,17-19,24-25,27,30,32-35,50H,6-7,10-14,16,20-23,26,28H2,1-2H3,(H,53,59)/t33-,34+,35+/m0/s1. The molecule has 2 aromatic heterocycles. The second-order valence-corrected chi connectivity index (χ2v) is 17.4. The van der Waals surface area contributed by atoms with Crippen molar-refractivity contribution in [2.45, 2.75) is 76.3 Å². The van der Waals surface area contributed by atoms with Crippen LogP contribution in [0.15, 0.2) is 78.3 Å². The summed E-state index contributed by atoms with van der Waals surface area (Å²) in [6, 6.07) is 18.3. The predicted molar refractivity (Wildman–Crippen MR) is 239 cm³/mol. The van der Waals surface area contributed by atoms with Gasteiger partial charge in [-0.15, -0.1) is 0 Å². The van der Waals surface area contributed by atoms with E-state index in [9.17, 15) is 14.4 Å². The van der Waals surface area contributed by atoms with Gasteiger partial charge in [-0.25, -0.2) is 19.8 Å². The number of fused-ring (bicyclic) bond motifs is 3. The summed E-state index contributed by atoms with van der Waals surface area (Å²) >= 11 is 0. The summed E-state index contributed by atoms with van der Waals surface area (Å²) in [6.07, 6.45) is 10.2. The Morgan fingerprint density at radius 3 is 2.45 bits per heavy atom. The third kappa shape index (κ3) is 8.61. The summed E-state index contributed by atoms with van der Waals surface area (Å²) in [5.41, 5.74) is 4.85. The van der Waals surface area contributed by atoms with Gasteiger partial charge in [0.2, 0.25) is 18.6 Å². The minimum atomic E-state index is -0.890. The Balaban J connectivity index is 0.855. The summed E-state index contributed by atoms with van der Waals surface area (Å²) in [6.45, 7) is 1.44. The van der Waals surface area contributed by atoms with E-state index in [2.05, 4.69) is 20.3 Å². The van der Waals surface area contributed by atoms with E-state index in [1.807, 2.05) is 60.7 Å². The van der Waals surface area contributed by atoms with Crippen LogP contribution >= 0.6 is 0 Å². The number of ether oxygens (including phenoxy) is 6. The maximum absolute atomic E-state index is 14.4. The summed E-state index contributed by atoms with van der Waals surface area (Å²) < 4.78 is 34.9. The van der Waals surface area contributed by atoms with Crippen LogP contribution in [-0.4, -0.2) is 101 Å². The number of H-pyrrole nitrogens is 1. The van der Waals surface area contributed by atoms with Crippen molar-refractivity contribution in [1.82, 2.24) is 30.2 Å². The maximum atomic E-state index is 14.4. The van der Waals surface area contributed by atoms with Crippen molar-refractivity contribution in [1.29, 1.82) is 0 Å². The molecule has 16 nitrogen and oxygen atoms in total. The zero-order valence-electron chi connectivity index (χ0n) is 36.6. The second kappa shape index (κ2) is 18.3. The zero-order valence-corrected chi connectivity index (χ0v) is 36.6. The number of amides is 3. The Labute approximate surface area is 376 Å². The van der Waals surface area contributed by atoms with Gasteiger partial charge in [0.25, 0.3) is 0 Å². The minimum Gasteiger partial charge on any atom is -0.493 e. The first-order valence-electron chi connectivity index (χ1n) is 22.7. The van der Waals surface area contributed by atoms with E-state index in [0.29, 0.717) is 102 Å². The van der Waals surface area contributed by atoms with Gasteiger partial charge < -0.3 is 43.6 Å². The van der Waals surface area contributed by atoms with E-state index in [-0.39, 0.29) is 42.2 Å². The monoisotopic (exact) mass is 883 g/mol. The van der Waals surface area contributed by atoms with Crippen LogP contribution in [0.5, 0.6) is 34.5 Å². The fourth-order valence-electron chi connectivity index (χ4n) is 9.70. The molecule has 338 valence electrons. The number of methoxy groups -OCH3 is 2. The Hall–Kier alpha value is -6.84.